The van der Waals surface area contributed by atoms with Gasteiger partial charge in [-0.2, -0.15) is 0 Å². The summed E-state index contributed by atoms with van der Waals surface area (Å²) < 4.78 is 0. The molecule has 19 heavy (non-hydrogen) atoms. The summed E-state index contributed by atoms with van der Waals surface area (Å²) in [6.07, 6.45) is 5.76. The summed E-state index contributed by atoms with van der Waals surface area (Å²) in [7, 11) is 0. The van der Waals surface area contributed by atoms with E-state index in [2.05, 4.69) is 5.32 Å². The van der Waals surface area contributed by atoms with Crippen LogP contribution in [0.15, 0.2) is 29.2 Å². The van der Waals surface area contributed by atoms with Gasteiger partial charge in [-0.1, -0.05) is 37.2 Å². The second kappa shape index (κ2) is 5.92. The third kappa shape index (κ3) is 2.92. The van der Waals surface area contributed by atoms with Crippen LogP contribution < -0.4 is 11.1 Å². The van der Waals surface area contributed by atoms with Crippen LogP contribution in [0.4, 0.5) is 0 Å². The smallest absolute Gasteiger partial charge is 0.253 e. The fourth-order valence-corrected chi connectivity index (χ4v) is 3.38. The number of nitrogens with two attached hydrogens (primary N) is 1. The molecule has 0 heterocycles. The van der Waals surface area contributed by atoms with Crippen LogP contribution in [0.3, 0.4) is 0 Å². The van der Waals surface area contributed by atoms with E-state index in [0.29, 0.717) is 10.6 Å². The van der Waals surface area contributed by atoms with Gasteiger partial charge in [0, 0.05) is 4.90 Å². The molecular formula is C14H18N2OS2. The van der Waals surface area contributed by atoms with Gasteiger partial charge in [-0.3, -0.25) is 4.79 Å². The van der Waals surface area contributed by atoms with Crippen LogP contribution in [-0.4, -0.2) is 22.7 Å². The highest BCUT2D eigenvalue weighted by molar-refractivity contribution is 7.98. The van der Waals surface area contributed by atoms with E-state index in [4.69, 9.17) is 18.0 Å². The number of thioether (sulfide) groups is 1. The van der Waals surface area contributed by atoms with Gasteiger partial charge in [0.15, 0.2) is 0 Å². The van der Waals surface area contributed by atoms with E-state index in [0.717, 1.165) is 30.6 Å². The Kier molecular flexibility index (Phi) is 4.47. The Balaban J connectivity index is 2.23. The van der Waals surface area contributed by atoms with Crippen molar-refractivity contribution in [3.05, 3.63) is 29.8 Å². The van der Waals surface area contributed by atoms with Crippen molar-refractivity contribution in [1.82, 2.24) is 5.32 Å². The predicted octanol–water partition coefficient (Wildman–Crippen LogP) is 2.74. The zero-order valence-corrected chi connectivity index (χ0v) is 12.6. The van der Waals surface area contributed by atoms with Crippen molar-refractivity contribution in [2.45, 2.75) is 36.1 Å². The summed E-state index contributed by atoms with van der Waals surface area (Å²) in [6.45, 7) is 0. The van der Waals surface area contributed by atoms with Gasteiger partial charge in [0.2, 0.25) is 0 Å². The van der Waals surface area contributed by atoms with Gasteiger partial charge < -0.3 is 11.1 Å². The maximum Gasteiger partial charge on any atom is 0.253 e. The van der Waals surface area contributed by atoms with Crippen molar-refractivity contribution in [1.29, 1.82) is 0 Å². The maximum absolute atomic E-state index is 12.5. The molecule has 1 aromatic rings. The molecule has 2 rings (SSSR count). The van der Waals surface area contributed by atoms with Gasteiger partial charge in [0.1, 0.15) is 0 Å². The van der Waals surface area contributed by atoms with Gasteiger partial charge in [-0.05, 0) is 31.2 Å². The van der Waals surface area contributed by atoms with Crippen LogP contribution >= 0.6 is 24.0 Å². The van der Waals surface area contributed by atoms with Crippen molar-refractivity contribution in [3.8, 4) is 0 Å². The summed E-state index contributed by atoms with van der Waals surface area (Å²) in [5.74, 6) is -0.0837. The first-order chi connectivity index (χ1) is 9.09. The molecule has 1 saturated carbocycles. The van der Waals surface area contributed by atoms with Crippen LogP contribution in [0.5, 0.6) is 0 Å². The molecule has 0 radical (unpaired) electrons. The minimum atomic E-state index is -0.488. The Morgan fingerprint density at radius 2 is 2.00 bits per heavy atom. The van der Waals surface area contributed by atoms with E-state index in [1.165, 1.54) is 0 Å². The van der Waals surface area contributed by atoms with Crippen molar-refractivity contribution in [2.24, 2.45) is 5.73 Å². The molecule has 3 nitrogen and oxygen atoms in total. The molecule has 5 heteroatoms. The zero-order chi connectivity index (χ0) is 13.9. The molecule has 0 spiro atoms. The number of amides is 1. The van der Waals surface area contributed by atoms with E-state index in [9.17, 15) is 4.79 Å². The van der Waals surface area contributed by atoms with E-state index in [-0.39, 0.29) is 5.91 Å². The van der Waals surface area contributed by atoms with Crippen LogP contribution in [0, 0.1) is 0 Å². The van der Waals surface area contributed by atoms with Gasteiger partial charge >= 0.3 is 0 Å². The third-order valence-corrected chi connectivity index (χ3v) is 4.82. The Morgan fingerprint density at radius 3 is 2.58 bits per heavy atom. The molecule has 0 aliphatic heterocycles. The summed E-state index contributed by atoms with van der Waals surface area (Å²) in [5, 5.41) is 3.06. The van der Waals surface area contributed by atoms with E-state index < -0.39 is 5.54 Å². The lowest BCUT2D eigenvalue weighted by Crippen LogP contribution is -2.54. The van der Waals surface area contributed by atoms with Crippen LogP contribution in [0.25, 0.3) is 0 Å². The molecule has 1 aliphatic carbocycles. The SMILES string of the molecule is CSc1ccccc1C(=O)NC1(C(N)=S)CCCC1. The van der Waals surface area contributed by atoms with E-state index >= 15 is 0 Å². The lowest BCUT2D eigenvalue weighted by Gasteiger charge is -2.29. The number of carbonyl (C=O) groups is 1. The predicted molar refractivity (Wildman–Crippen MR) is 83.7 cm³/mol. The van der Waals surface area contributed by atoms with Crippen LogP contribution in [-0.2, 0) is 0 Å². The topological polar surface area (TPSA) is 55.1 Å². The molecule has 1 fully saturated rings. The Hall–Kier alpha value is -1.07. The maximum atomic E-state index is 12.5. The second-order valence-corrected chi connectivity index (χ2v) is 6.10. The summed E-state index contributed by atoms with van der Waals surface area (Å²) in [6, 6.07) is 7.59. The monoisotopic (exact) mass is 294 g/mol. The van der Waals surface area contributed by atoms with Crippen molar-refractivity contribution in [2.75, 3.05) is 6.26 Å². The first-order valence-corrected chi connectivity index (χ1v) is 7.98. The fourth-order valence-electron chi connectivity index (χ4n) is 2.53. The van der Waals surface area contributed by atoms with Gasteiger partial charge in [0.05, 0.1) is 16.1 Å². The number of hydrogen-bond donors (Lipinski definition) is 2. The Bertz CT molecular complexity index is 496. The molecule has 3 N–H and O–H groups in total. The highest BCUT2D eigenvalue weighted by Gasteiger charge is 2.38. The molecule has 102 valence electrons. The Morgan fingerprint density at radius 1 is 1.37 bits per heavy atom. The molecule has 0 unspecified atom stereocenters. The molecular weight excluding hydrogens is 276 g/mol. The van der Waals surface area contributed by atoms with E-state index in [1.807, 2.05) is 30.5 Å². The number of thiocarbonyl (C=S) groups is 1. The quantitative estimate of drug-likeness (QED) is 0.662. The number of benzene rings is 1. The highest BCUT2D eigenvalue weighted by atomic mass is 32.2. The molecule has 1 amide bonds. The average molecular weight is 294 g/mol. The first kappa shape index (κ1) is 14.3. The summed E-state index contributed by atoms with van der Waals surface area (Å²) in [5.41, 5.74) is 6.05. The van der Waals surface area contributed by atoms with Crippen LogP contribution in [0.2, 0.25) is 0 Å². The average Bonchev–Trinajstić information content (AvgIpc) is 2.88. The number of carbonyl (C=O) groups excluding carboxylic acids is 1. The standard InChI is InChI=1S/C14H18N2OS2/c1-19-11-7-3-2-6-10(11)12(17)16-14(13(15)18)8-4-5-9-14/h2-3,6-7H,4-5,8-9H2,1H3,(H2,15,18)(H,16,17). The van der Waals surface area contributed by atoms with Gasteiger partial charge in [0.25, 0.3) is 5.91 Å². The lowest BCUT2D eigenvalue weighted by atomic mass is 9.97. The zero-order valence-electron chi connectivity index (χ0n) is 10.9. The third-order valence-electron chi connectivity index (χ3n) is 3.63. The highest BCUT2D eigenvalue weighted by Crippen LogP contribution is 2.31. The van der Waals surface area contributed by atoms with Crippen molar-refractivity contribution < 1.29 is 4.79 Å². The minimum Gasteiger partial charge on any atom is -0.391 e. The normalized spacial score (nSPS) is 17.1. The summed E-state index contributed by atoms with van der Waals surface area (Å²) >= 11 is 6.72. The molecule has 0 atom stereocenters. The first-order valence-electron chi connectivity index (χ1n) is 6.34. The molecule has 0 aromatic heterocycles. The van der Waals surface area contributed by atoms with Crippen LogP contribution in [0.1, 0.15) is 36.0 Å². The largest absolute Gasteiger partial charge is 0.391 e. The number of nitrogens with one attached hydrogen (secondary N) is 1. The fraction of sp³-hybridized carbons (Fsp3) is 0.429. The van der Waals surface area contributed by atoms with Crippen molar-refractivity contribution >= 4 is 34.9 Å². The van der Waals surface area contributed by atoms with Gasteiger partial charge in [-0.25, -0.2) is 0 Å². The molecule has 0 bridgehead atoms. The van der Waals surface area contributed by atoms with Crippen molar-refractivity contribution in [3.63, 3.8) is 0 Å². The molecule has 1 aliphatic rings. The van der Waals surface area contributed by atoms with Gasteiger partial charge in [-0.15, -0.1) is 11.8 Å². The molecule has 0 saturated heterocycles. The minimum absolute atomic E-state index is 0.0837. The lowest BCUT2D eigenvalue weighted by molar-refractivity contribution is 0.0921. The Labute approximate surface area is 123 Å². The molecule has 1 aromatic carbocycles. The number of hydrogen-bond acceptors (Lipinski definition) is 3. The van der Waals surface area contributed by atoms with E-state index in [1.54, 1.807) is 11.8 Å². The summed E-state index contributed by atoms with van der Waals surface area (Å²) in [4.78, 5) is 13.8. The second-order valence-electron chi connectivity index (χ2n) is 4.81. The number of rotatable bonds is 4.